The van der Waals surface area contributed by atoms with Crippen LogP contribution in [0.25, 0.3) is 0 Å². The molecule has 1 N–H and O–H groups in total. The first-order valence-electron chi connectivity index (χ1n) is 7.53. The van der Waals surface area contributed by atoms with Crippen LogP contribution in [0.4, 0.5) is 11.4 Å². The summed E-state index contributed by atoms with van der Waals surface area (Å²) in [5, 5.41) is 14.5. The Morgan fingerprint density at radius 1 is 1.29 bits per heavy atom. The van der Waals surface area contributed by atoms with E-state index >= 15 is 0 Å². The average Bonchev–Trinajstić information content (AvgIpc) is 2.38. The van der Waals surface area contributed by atoms with Gasteiger partial charge in [-0.2, -0.15) is 0 Å². The second-order valence-corrected chi connectivity index (χ2v) is 6.39. The van der Waals surface area contributed by atoms with E-state index in [2.05, 4.69) is 25.2 Å². The molecule has 1 aliphatic carbocycles. The zero-order valence-electron chi connectivity index (χ0n) is 13.3. The largest absolute Gasteiger partial charge is 0.379 e. The van der Waals surface area contributed by atoms with Crippen molar-refractivity contribution in [3.8, 4) is 0 Å². The van der Waals surface area contributed by atoms with E-state index in [-0.39, 0.29) is 10.6 Å². The zero-order valence-corrected chi connectivity index (χ0v) is 13.3. The number of anilines is 1. The van der Waals surface area contributed by atoms with Gasteiger partial charge >= 0.3 is 0 Å². The van der Waals surface area contributed by atoms with Crippen LogP contribution in [0.15, 0.2) is 23.8 Å². The number of hydrogen-bond acceptors (Lipinski definition) is 3. The van der Waals surface area contributed by atoms with E-state index in [9.17, 15) is 10.1 Å². The van der Waals surface area contributed by atoms with Crippen LogP contribution in [0, 0.1) is 35.8 Å². The van der Waals surface area contributed by atoms with Gasteiger partial charge in [-0.15, -0.1) is 0 Å². The Balaban J connectivity index is 2.11. The molecule has 0 fully saturated rings. The van der Waals surface area contributed by atoms with E-state index in [0.29, 0.717) is 17.5 Å². The van der Waals surface area contributed by atoms with E-state index in [1.165, 1.54) is 5.57 Å². The van der Waals surface area contributed by atoms with E-state index in [4.69, 9.17) is 0 Å². The second-order valence-electron chi connectivity index (χ2n) is 6.39. The fraction of sp³-hybridized carbons (Fsp3) is 0.529. The van der Waals surface area contributed by atoms with Crippen molar-refractivity contribution < 1.29 is 4.92 Å². The lowest BCUT2D eigenvalue weighted by Crippen LogP contribution is -2.20. The summed E-state index contributed by atoms with van der Waals surface area (Å²) in [7, 11) is 0. The Labute approximate surface area is 126 Å². The summed E-state index contributed by atoms with van der Waals surface area (Å²) in [6.45, 7) is 9.08. The number of benzene rings is 1. The normalized spacial score (nSPS) is 21.8. The predicted molar refractivity (Wildman–Crippen MR) is 86.7 cm³/mol. The van der Waals surface area contributed by atoms with Gasteiger partial charge in [-0.05, 0) is 62.6 Å². The Hall–Kier alpha value is -1.84. The summed E-state index contributed by atoms with van der Waals surface area (Å²) in [6, 6.07) is 3.55. The molecule has 114 valence electrons. The highest BCUT2D eigenvalue weighted by Crippen LogP contribution is 2.31. The first-order chi connectivity index (χ1) is 9.86. The predicted octanol–water partition coefficient (Wildman–Crippen LogP) is 4.62. The van der Waals surface area contributed by atoms with Gasteiger partial charge in [0.05, 0.1) is 4.92 Å². The van der Waals surface area contributed by atoms with Gasteiger partial charge in [-0.25, -0.2) is 0 Å². The number of rotatable bonds is 4. The lowest BCUT2D eigenvalue weighted by atomic mass is 9.83. The molecule has 2 rings (SSSR count). The fourth-order valence-corrected chi connectivity index (χ4v) is 3.19. The number of nitrogens with one attached hydrogen (secondary N) is 1. The molecule has 0 saturated carbocycles. The fourth-order valence-electron chi connectivity index (χ4n) is 3.19. The molecule has 21 heavy (non-hydrogen) atoms. The van der Waals surface area contributed by atoms with Crippen LogP contribution in [-0.2, 0) is 0 Å². The smallest absolute Gasteiger partial charge is 0.292 e. The van der Waals surface area contributed by atoms with Crippen molar-refractivity contribution in [3.05, 3.63) is 45.0 Å². The molecule has 0 amide bonds. The van der Waals surface area contributed by atoms with Gasteiger partial charge in [0.25, 0.3) is 5.69 Å². The SMILES string of the molecule is CC1=CC(C)CC(CNc2cc(C)c(C)cc2[N+](=O)[O-])C1. The third kappa shape index (κ3) is 3.84. The molecular formula is C17H24N2O2. The van der Waals surface area contributed by atoms with Gasteiger partial charge in [0.1, 0.15) is 5.69 Å². The molecule has 4 heteroatoms. The molecule has 0 saturated heterocycles. The third-order valence-corrected chi connectivity index (χ3v) is 4.27. The Bertz CT molecular complexity index is 578. The Morgan fingerprint density at radius 2 is 1.95 bits per heavy atom. The maximum Gasteiger partial charge on any atom is 0.292 e. The molecule has 1 aromatic rings. The number of nitro benzene ring substituents is 1. The van der Waals surface area contributed by atoms with Crippen molar-refractivity contribution >= 4 is 11.4 Å². The zero-order chi connectivity index (χ0) is 15.6. The standard InChI is InChI=1S/C17H24N2O2/c1-11-5-12(2)7-15(6-11)10-18-16-8-13(3)14(4)9-17(16)19(20)21/h5,8-9,11,15,18H,6-7,10H2,1-4H3. The summed E-state index contributed by atoms with van der Waals surface area (Å²) in [6.07, 6.45) is 4.55. The minimum Gasteiger partial charge on any atom is -0.379 e. The van der Waals surface area contributed by atoms with Crippen LogP contribution < -0.4 is 5.32 Å². The number of aryl methyl sites for hydroxylation is 2. The Kier molecular flexibility index (Phi) is 4.66. The summed E-state index contributed by atoms with van der Waals surface area (Å²) < 4.78 is 0. The minimum absolute atomic E-state index is 0.175. The van der Waals surface area contributed by atoms with E-state index < -0.39 is 0 Å². The quantitative estimate of drug-likeness (QED) is 0.500. The molecule has 0 aliphatic heterocycles. The van der Waals surface area contributed by atoms with E-state index in [0.717, 1.165) is 30.5 Å². The van der Waals surface area contributed by atoms with Crippen molar-refractivity contribution in [2.75, 3.05) is 11.9 Å². The highest BCUT2D eigenvalue weighted by Gasteiger charge is 2.20. The molecule has 2 unspecified atom stereocenters. The van der Waals surface area contributed by atoms with Crippen LogP contribution in [-0.4, -0.2) is 11.5 Å². The van der Waals surface area contributed by atoms with Gasteiger partial charge in [0.2, 0.25) is 0 Å². The number of nitro groups is 1. The summed E-state index contributed by atoms with van der Waals surface area (Å²) >= 11 is 0. The maximum atomic E-state index is 11.2. The molecule has 0 spiro atoms. The molecular weight excluding hydrogens is 264 g/mol. The molecule has 0 aromatic heterocycles. The lowest BCUT2D eigenvalue weighted by Gasteiger charge is -2.26. The van der Waals surface area contributed by atoms with Crippen LogP contribution >= 0.6 is 0 Å². The van der Waals surface area contributed by atoms with Crippen molar-refractivity contribution in [1.29, 1.82) is 0 Å². The molecule has 1 aliphatic rings. The highest BCUT2D eigenvalue weighted by molar-refractivity contribution is 5.64. The Morgan fingerprint density at radius 3 is 2.57 bits per heavy atom. The highest BCUT2D eigenvalue weighted by atomic mass is 16.6. The topological polar surface area (TPSA) is 55.2 Å². The van der Waals surface area contributed by atoms with Crippen molar-refractivity contribution in [2.24, 2.45) is 11.8 Å². The molecule has 0 bridgehead atoms. The van der Waals surface area contributed by atoms with Crippen LogP contribution in [0.5, 0.6) is 0 Å². The molecule has 2 atom stereocenters. The number of hydrogen-bond donors (Lipinski definition) is 1. The molecule has 0 radical (unpaired) electrons. The third-order valence-electron chi connectivity index (χ3n) is 4.27. The van der Waals surface area contributed by atoms with Gasteiger partial charge < -0.3 is 5.32 Å². The van der Waals surface area contributed by atoms with Crippen molar-refractivity contribution in [3.63, 3.8) is 0 Å². The monoisotopic (exact) mass is 288 g/mol. The lowest BCUT2D eigenvalue weighted by molar-refractivity contribution is -0.384. The first-order valence-corrected chi connectivity index (χ1v) is 7.53. The van der Waals surface area contributed by atoms with Gasteiger partial charge in [0, 0.05) is 12.6 Å². The van der Waals surface area contributed by atoms with Crippen molar-refractivity contribution in [2.45, 2.75) is 40.5 Å². The number of nitrogens with zero attached hydrogens (tertiary/aromatic N) is 1. The summed E-state index contributed by atoms with van der Waals surface area (Å²) in [5.74, 6) is 1.14. The van der Waals surface area contributed by atoms with Crippen LogP contribution in [0.3, 0.4) is 0 Å². The second kappa shape index (κ2) is 6.29. The van der Waals surface area contributed by atoms with Gasteiger partial charge in [-0.3, -0.25) is 10.1 Å². The van der Waals surface area contributed by atoms with Gasteiger partial charge in [0.15, 0.2) is 0 Å². The summed E-state index contributed by atoms with van der Waals surface area (Å²) in [5.41, 5.74) is 4.28. The van der Waals surface area contributed by atoms with E-state index in [1.54, 1.807) is 6.07 Å². The van der Waals surface area contributed by atoms with Crippen LogP contribution in [0.2, 0.25) is 0 Å². The van der Waals surface area contributed by atoms with Gasteiger partial charge in [-0.1, -0.05) is 18.6 Å². The number of allylic oxidation sites excluding steroid dienone is 2. The van der Waals surface area contributed by atoms with E-state index in [1.807, 2.05) is 19.9 Å². The molecule has 4 nitrogen and oxygen atoms in total. The van der Waals surface area contributed by atoms with Crippen molar-refractivity contribution in [1.82, 2.24) is 0 Å². The average molecular weight is 288 g/mol. The molecule has 0 heterocycles. The van der Waals surface area contributed by atoms with Crippen LogP contribution in [0.1, 0.15) is 37.8 Å². The molecule has 1 aromatic carbocycles. The maximum absolute atomic E-state index is 11.2. The first kappa shape index (κ1) is 15.5. The minimum atomic E-state index is -0.302. The summed E-state index contributed by atoms with van der Waals surface area (Å²) in [4.78, 5) is 10.9.